The molecule has 0 heterocycles. The SMILES string of the molecule is O=C(Nc1ccc(I)cc1C(=O)O)c1ccc(S(=O)(=O)Nc2ccc(Cl)cc2)cc1. The van der Waals surface area contributed by atoms with Crippen LogP contribution in [-0.2, 0) is 10.0 Å². The van der Waals surface area contributed by atoms with Crippen molar-refractivity contribution in [3.63, 3.8) is 0 Å². The molecule has 0 fully saturated rings. The fraction of sp³-hybridized carbons (Fsp3) is 0. The fourth-order valence-electron chi connectivity index (χ4n) is 2.51. The van der Waals surface area contributed by atoms with E-state index in [1.54, 1.807) is 18.2 Å². The molecule has 30 heavy (non-hydrogen) atoms. The zero-order chi connectivity index (χ0) is 21.9. The maximum absolute atomic E-state index is 12.5. The van der Waals surface area contributed by atoms with Crippen molar-refractivity contribution in [3.8, 4) is 0 Å². The lowest BCUT2D eigenvalue weighted by molar-refractivity contribution is 0.0698. The first-order valence-corrected chi connectivity index (χ1v) is 11.3. The maximum Gasteiger partial charge on any atom is 0.337 e. The monoisotopic (exact) mass is 556 g/mol. The van der Waals surface area contributed by atoms with E-state index >= 15 is 0 Å². The summed E-state index contributed by atoms with van der Waals surface area (Å²) in [6.45, 7) is 0. The van der Waals surface area contributed by atoms with Crippen LogP contribution in [0.25, 0.3) is 0 Å². The third kappa shape index (κ3) is 5.29. The van der Waals surface area contributed by atoms with Gasteiger partial charge >= 0.3 is 5.97 Å². The smallest absolute Gasteiger partial charge is 0.337 e. The Morgan fingerprint density at radius 1 is 0.933 bits per heavy atom. The lowest BCUT2D eigenvalue weighted by Gasteiger charge is -2.11. The van der Waals surface area contributed by atoms with Crippen molar-refractivity contribution in [1.29, 1.82) is 0 Å². The van der Waals surface area contributed by atoms with Crippen molar-refractivity contribution in [2.24, 2.45) is 0 Å². The molecule has 1 amide bonds. The molecule has 0 aromatic heterocycles. The highest BCUT2D eigenvalue weighted by atomic mass is 127. The number of benzene rings is 3. The Hall–Kier alpha value is -2.63. The molecule has 0 aliphatic heterocycles. The fourth-order valence-corrected chi connectivity index (χ4v) is 4.19. The van der Waals surface area contributed by atoms with Gasteiger partial charge in [-0.1, -0.05) is 11.6 Å². The molecular weight excluding hydrogens is 543 g/mol. The molecule has 0 saturated heterocycles. The molecule has 0 radical (unpaired) electrons. The van der Waals surface area contributed by atoms with E-state index in [2.05, 4.69) is 10.0 Å². The van der Waals surface area contributed by atoms with Crippen molar-refractivity contribution in [2.45, 2.75) is 4.90 Å². The van der Waals surface area contributed by atoms with Crippen LogP contribution in [0.1, 0.15) is 20.7 Å². The van der Waals surface area contributed by atoms with E-state index in [9.17, 15) is 23.1 Å². The number of rotatable bonds is 6. The van der Waals surface area contributed by atoms with Crippen molar-refractivity contribution < 1.29 is 23.1 Å². The van der Waals surface area contributed by atoms with E-state index in [1.165, 1.54) is 48.5 Å². The Morgan fingerprint density at radius 3 is 2.17 bits per heavy atom. The summed E-state index contributed by atoms with van der Waals surface area (Å²) >= 11 is 7.77. The van der Waals surface area contributed by atoms with E-state index < -0.39 is 21.9 Å². The lowest BCUT2D eigenvalue weighted by atomic mass is 10.1. The lowest BCUT2D eigenvalue weighted by Crippen LogP contribution is -2.16. The normalized spacial score (nSPS) is 11.0. The summed E-state index contributed by atoms with van der Waals surface area (Å²) in [5.74, 6) is -1.73. The summed E-state index contributed by atoms with van der Waals surface area (Å²) in [6.07, 6.45) is 0. The summed E-state index contributed by atoms with van der Waals surface area (Å²) in [6, 6.07) is 16.1. The number of aromatic carboxylic acids is 1. The van der Waals surface area contributed by atoms with Gasteiger partial charge in [0.1, 0.15) is 0 Å². The highest BCUT2D eigenvalue weighted by Crippen LogP contribution is 2.21. The molecule has 0 aliphatic carbocycles. The first-order chi connectivity index (χ1) is 14.2. The van der Waals surface area contributed by atoms with Gasteiger partial charge in [-0.05, 0) is 89.3 Å². The van der Waals surface area contributed by atoms with Crippen LogP contribution in [0.2, 0.25) is 5.02 Å². The van der Waals surface area contributed by atoms with Crippen LogP contribution in [0.5, 0.6) is 0 Å². The van der Waals surface area contributed by atoms with Gasteiger partial charge in [-0.3, -0.25) is 9.52 Å². The maximum atomic E-state index is 12.5. The third-order valence-electron chi connectivity index (χ3n) is 3.98. The Labute approximate surface area is 191 Å². The highest BCUT2D eigenvalue weighted by Gasteiger charge is 2.17. The van der Waals surface area contributed by atoms with Gasteiger partial charge in [-0.2, -0.15) is 0 Å². The van der Waals surface area contributed by atoms with Gasteiger partial charge in [0, 0.05) is 19.8 Å². The molecule has 3 rings (SSSR count). The van der Waals surface area contributed by atoms with E-state index in [4.69, 9.17) is 11.6 Å². The average molecular weight is 557 g/mol. The number of nitrogens with one attached hydrogen (secondary N) is 2. The van der Waals surface area contributed by atoms with Gasteiger partial charge in [-0.15, -0.1) is 0 Å². The van der Waals surface area contributed by atoms with Crippen LogP contribution in [0, 0.1) is 3.57 Å². The molecule has 154 valence electrons. The van der Waals surface area contributed by atoms with Crippen LogP contribution in [0.4, 0.5) is 11.4 Å². The molecule has 0 bridgehead atoms. The topological polar surface area (TPSA) is 113 Å². The molecule has 3 aromatic rings. The van der Waals surface area contributed by atoms with Crippen molar-refractivity contribution >= 4 is 67.5 Å². The van der Waals surface area contributed by atoms with Gasteiger partial charge in [-0.25, -0.2) is 13.2 Å². The molecule has 0 atom stereocenters. The number of carboxylic acid groups (broad SMARTS) is 1. The Morgan fingerprint density at radius 2 is 1.57 bits per heavy atom. The standard InChI is InChI=1S/C20H14ClIN2O5S/c21-13-3-6-15(7-4-13)24-30(28,29)16-8-1-12(2-9-16)19(25)23-18-10-5-14(22)11-17(18)20(26)27/h1-11,24H,(H,23,25)(H,26,27). The molecule has 0 unspecified atom stereocenters. The molecule has 3 aromatic carbocycles. The number of sulfonamides is 1. The number of hydrogen-bond donors (Lipinski definition) is 3. The van der Waals surface area contributed by atoms with Gasteiger partial charge in [0.05, 0.1) is 16.1 Å². The molecular formula is C20H14ClIN2O5S. The van der Waals surface area contributed by atoms with Crippen LogP contribution in [0.15, 0.2) is 71.6 Å². The zero-order valence-corrected chi connectivity index (χ0v) is 18.8. The second-order valence-electron chi connectivity index (χ2n) is 6.09. The summed E-state index contributed by atoms with van der Waals surface area (Å²) < 4.78 is 28.1. The van der Waals surface area contributed by atoms with Crippen LogP contribution in [-0.4, -0.2) is 25.4 Å². The summed E-state index contributed by atoms with van der Waals surface area (Å²) in [4.78, 5) is 23.8. The largest absolute Gasteiger partial charge is 0.478 e. The molecule has 10 heteroatoms. The Bertz CT molecular complexity index is 1210. The number of carboxylic acids is 1. The minimum atomic E-state index is -3.85. The van der Waals surface area contributed by atoms with Crippen LogP contribution < -0.4 is 10.0 Å². The molecule has 3 N–H and O–H groups in total. The molecule has 0 saturated carbocycles. The Balaban J connectivity index is 1.77. The quantitative estimate of drug-likeness (QED) is 0.381. The second kappa shape index (κ2) is 9.02. The molecule has 7 nitrogen and oxygen atoms in total. The van der Waals surface area contributed by atoms with Crippen molar-refractivity contribution in [3.05, 3.63) is 86.4 Å². The van der Waals surface area contributed by atoms with Crippen LogP contribution >= 0.6 is 34.2 Å². The van der Waals surface area contributed by atoms with Gasteiger partial charge in [0.2, 0.25) is 0 Å². The second-order valence-corrected chi connectivity index (χ2v) is 9.45. The number of carbonyl (C=O) groups is 2. The minimum absolute atomic E-state index is 0.0329. The van der Waals surface area contributed by atoms with Gasteiger partial charge in [0.25, 0.3) is 15.9 Å². The number of carbonyl (C=O) groups excluding carboxylic acids is 1. The van der Waals surface area contributed by atoms with Gasteiger partial charge < -0.3 is 10.4 Å². The number of halogens is 2. The Kier molecular flexibility index (Phi) is 6.64. The number of anilines is 2. The van der Waals surface area contributed by atoms with E-state index in [1.807, 2.05) is 22.6 Å². The van der Waals surface area contributed by atoms with E-state index in [0.29, 0.717) is 14.3 Å². The first-order valence-electron chi connectivity index (χ1n) is 8.38. The highest BCUT2D eigenvalue weighted by molar-refractivity contribution is 14.1. The molecule has 0 aliphatic rings. The van der Waals surface area contributed by atoms with Crippen molar-refractivity contribution in [2.75, 3.05) is 10.0 Å². The summed E-state index contributed by atoms with van der Waals surface area (Å²) in [5, 5.41) is 12.3. The zero-order valence-electron chi connectivity index (χ0n) is 15.1. The van der Waals surface area contributed by atoms with Gasteiger partial charge in [0.15, 0.2) is 0 Å². The summed E-state index contributed by atoms with van der Waals surface area (Å²) in [7, 11) is -3.85. The van der Waals surface area contributed by atoms with E-state index in [-0.39, 0.29) is 21.7 Å². The predicted molar refractivity (Wildman–Crippen MR) is 123 cm³/mol. The van der Waals surface area contributed by atoms with Crippen molar-refractivity contribution in [1.82, 2.24) is 0 Å². The number of amides is 1. The minimum Gasteiger partial charge on any atom is -0.478 e. The average Bonchev–Trinajstić information content (AvgIpc) is 2.71. The van der Waals surface area contributed by atoms with Crippen LogP contribution in [0.3, 0.4) is 0 Å². The molecule has 0 spiro atoms. The predicted octanol–water partition coefficient (Wildman–Crippen LogP) is 4.70. The summed E-state index contributed by atoms with van der Waals surface area (Å²) in [5.41, 5.74) is 0.632. The number of hydrogen-bond acceptors (Lipinski definition) is 4. The first kappa shape index (κ1) is 22.1. The third-order valence-corrected chi connectivity index (χ3v) is 6.30. The van der Waals surface area contributed by atoms with E-state index in [0.717, 1.165) is 0 Å².